The van der Waals surface area contributed by atoms with Gasteiger partial charge in [-0.05, 0) is 51.1 Å². The predicted octanol–water partition coefficient (Wildman–Crippen LogP) is 2.44. The van der Waals surface area contributed by atoms with Crippen LogP contribution >= 0.6 is 0 Å². The van der Waals surface area contributed by atoms with E-state index in [1.54, 1.807) is 7.11 Å². The van der Waals surface area contributed by atoms with Gasteiger partial charge < -0.3 is 15.4 Å². The zero-order valence-corrected chi connectivity index (χ0v) is 12.4. The minimum atomic E-state index is 0.170. The molecule has 1 atom stereocenters. The highest BCUT2D eigenvalue weighted by Crippen LogP contribution is 2.37. The van der Waals surface area contributed by atoms with Gasteiger partial charge in [-0.1, -0.05) is 25.0 Å². The minimum Gasteiger partial charge on any atom is -0.497 e. The quantitative estimate of drug-likeness (QED) is 0.886. The second kappa shape index (κ2) is 5.93. The highest BCUT2D eigenvalue weighted by atomic mass is 16.5. The lowest BCUT2D eigenvalue weighted by atomic mass is 9.83. The van der Waals surface area contributed by atoms with E-state index < -0.39 is 0 Å². The largest absolute Gasteiger partial charge is 0.497 e. The molecule has 0 bridgehead atoms. The number of nitrogens with zero attached hydrogens (tertiary/aromatic N) is 1. The van der Waals surface area contributed by atoms with E-state index in [4.69, 9.17) is 10.5 Å². The van der Waals surface area contributed by atoms with Gasteiger partial charge >= 0.3 is 0 Å². The molecule has 0 aliphatic heterocycles. The van der Waals surface area contributed by atoms with E-state index in [1.807, 2.05) is 12.1 Å². The van der Waals surface area contributed by atoms with E-state index >= 15 is 0 Å². The molecule has 0 heterocycles. The van der Waals surface area contributed by atoms with Crippen LogP contribution in [0.5, 0.6) is 5.75 Å². The van der Waals surface area contributed by atoms with Crippen molar-refractivity contribution < 1.29 is 4.74 Å². The second-order valence-electron chi connectivity index (χ2n) is 5.87. The average molecular weight is 262 g/mol. The van der Waals surface area contributed by atoms with E-state index in [0.29, 0.717) is 0 Å². The molecular formula is C16H26N2O. The monoisotopic (exact) mass is 262 g/mol. The Labute approximate surface area is 116 Å². The Balaban J connectivity index is 2.12. The summed E-state index contributed by atoms with van der Waals surface area (Å²) in [5.74, 6) is 0.912. The summed E-state index contributed by atoms with van der Waals surface area (Å²) in [6.07, 6.45) is 5.93. The Morgan fingerprint density at radius 2 is 2.00 bits per heavy atom. The summed E-state index contributed by atoms with van der Waals surface area (Å²) in [7, 11) is 6.03. The molecule has 106 valence electrons. The molecule has 0 aromatic heterocycles. The van der Waals surface area contributed by atoms with E-state index in [0.717, 1.165) is 12.2 Å². The van der Waals surface area contributed by atoms with Crippen molar-refractivity contribution in [1.82, 2.24) is 4.90 Å². The molecule has 1 saturated carbocycles. The van der Waals surface area contributed by atoms with Gasteiger partial charge in [0.15, 0.2) is 0 Å². The van der Waals surface area contributed by atoms with Crippen LogP contribution in [0.25, 0.3) is 0 Å². The van der Waals surface area contributed by atoms with E-state index in [-0.39, 0.29) is 11.6 Å². The van der Waals surface area contributed by atoms with Crippen molar-refractivity contribution in [3.05, 3.63) is 29.8 Å². The van der Waals surface area contributed by atoms with E-state index in [2.05, 4.69) is 31.1 Å². The van der Waals surface area contributed by atoms with Crippen molar-refractivity contribution >= 4 is 0 Å². The maximum atomic E-state index is 6.56. The van der Waals surface area contributed by atoms with Gasteiger partial charge in [0.25, 0.3) is 0 Å². The number of methoxy groups -OCH3 is 1. The molecule has 2 N–H and O–H groups in total. The maximum absolute atomic E-state index is 6.56. The van der Waals surface area contributed by atoms with Crippen LogP contribution in [0, 0.1) is 0 Å². The molecule has 3 heteroatoms. The van der Waals surface area contributed by atoms with Crippen molar-refractivity contribution in [2.75, 3.05) is 21.2 Å². The van der Waals surface area contributed by atoms with Crippen molar-refractivity contribution in [3.8, 4) is 5.75 Å². The van der Waals surface area contributed by atoms with Crippen molar-refractivity contribution in [2.45, 2.75) is 43.7 Å². The summed E-state index contributed by atoms with van der Waals surface area (Å²) in [6, 6.07) is 8.43. The van der Waals surface area contributed by atoms with Gasteiger partial charge in [0.2, 0.25) is 0 Å². The Morgan fingerprint density at radius 1 is 1.32 bits per heavy atom. The van der Waals surface area contributed by atoms with Gasteiger partial charge in [-0.3, -0.25) is 0 Å². The Bertz CT molecular complexity index is 411. The molecule has 0 amide bonds. The third-order valence-corrected chi connectivity index (χ3v) is 4.64. The maximum Gasteiger partial charge on any atom is 0.119 e. The summed E-state index contributed by atoms with van der Waals surface area (Å²) < 4.78 is 5.28. The number of ether oxygens (including phenoxy) is 1. The molecular weight excluding hydrogens is 236 g/mol. The van der Waals surface area contributed by atoms with Crippen LogP contribution in [0.2, 0.25) is 0 Å². The Hall–Kier alpha value is -1.06. The molecule has 1 aromatic carbocycles. The average Bonchev–Trinajstić information content (AvgIpc) is 2.89. The summed E-state index contributed by atoms with van der Waals surface area (Å²) in [5.41, 5.74) is 7.99. The first-order valence-corrected chi connectivity index (χ1v) is 7.14. The molecule has 3 nitrogen and oxygen atoms in total. The smallest absolute Gasteiger partial charge is 0.119 e. The fourth-order valence-corrected chi connectivity index (χ4v) is 3.38. The fraction of sp³-hybridized carbons (Fsp3) is 0.625. The predicted molar refractivity (Wildman–Crippen MR) is 79.6 cm³/mol. The lowest BCUT2D eigenvalue weighted by Crippen LogP contribution is -2.56. The molecule has 1 aromatic rings. The number of hydrogen-bond donors (Lipinski definition) is 1. The van der Waals surface area contributed by atoms with Crippen LogP contribution in [0.4, 0.5) is 0 Å². The Kier molecular flexibility index (Phi) is 4.48. The molecule has 19 heavy (non-hydrogen) atoms. The highest BCUT2D eigenvalue weighted by Gasteiger charge is 2.41. The normalized spacial score (nSPS) is 19.6. The molecule has 0 spiro atoms. The summed E-state index contributed by atoms with van der Waals surface area (Å²) in [5, 5.41) is 0. The lowest BCUT2D eigenvalue weighted by Gasteiger charge is -2.41. The van der Waals surface area contributed by atoms with E-state index in [1.165, 1.54) is 31.2 Å². The third kappa shape index (κ3) is 2.93. The van der Waals surface area contributed by atoms with Crippen LogP contribution in [-0.4, -0.2) is 37.7 Å². The van der Waals surface area contributed by atoms with Crippen molar-refractivity contribution in [1.29, 1.82) is 0 Å². The topological polar surface area (TPSA) is 38.5 Å². The first-order valence-electron chi connectivity index (χ1n) is 7.14. The first kappa shape index (κ1) is 14.4. The van der Waals surface area contributed by atoms with Crippen molar-refractivity contribution in [2.24, 2.45) is 5.73 Å². The number of benzene rings is 1. The number of nitrogens with two attached hydrogens (primary N) is 1. The molecule has 0 radical (unpaired) electrons. The zero-order chi connectivity index (χ0) is 13.9. The lowest BCUT2D eigenvalue weighted by molar-refractivity contribution is 0.123. The van der Waals surface area contributed by atoms with Gasteiger partial charge in [0.05, 0.1) is 7.11 Å². The molecule has 1 fully saturated rings. The number of hydrogen-bond acceptors (Lipinski definition) is 3. The number of rotatable bonds is 5. The van der Waals surface area contributed by atoms with Crippen LogP contribution in [0.1, 0.15) is 31.2 Å². The molecule has 0 saturated heterocycles. The van der Waals surface area contributed by atoms with Crippen molar-refractivity contribution in [3.63, 3.8) is 0 Å². The first-order chi connectivity index (χ1) is 9.08. The van der Waals surface area contributed by atoms with Gasteiger partial charge in [-0.2, -0.15) is 0 Å². The molecule has 1 aliphatic rings. The molecule has 1 aliphatic carbocycles. The standard InChI is InChI=1S/C16H26N2O/c1-18(2)16(9-4-5-10-16)15(17)12-13-7-6-8-14(11-13)19-3/h6-8,11,15H,4-5,9-10,12,17H2,1-3H3. The second-order valence-corrected chi connectivity index (χ2v) is 5.87. The zero-order valence-electron chi connectivity index (χ0n) is 12.4. The molecule has 1 unspecified atom stereocenters. The Morgan fingerprint density at radius 3 is 2.58 bits per heavy atom. The third-order valence-electron chi connectivity index (χ3n) is 4.64. The fourth-order valence-electron chi connectivity index (χ4n) is 3.38. The van der Waals surface area contributed by atoms with Crippen LogP contribution in [0.15, 0.2) is 24.3 Å². The SMILES string of the molecule is COc1cccc(CC(N)C2(N(C)C)CCCC2)c1. The van der Waals surface area contributed by atoms with Gasteiger partial charge in [0, 0.05) is 11.6 Å². The summed E-state index contributed by atoms with van der Waals surface area (Å²) in [6.45, 7) is 0. The highest BCUT2D eigenvalue weighted by molar-refractivity contribution is 5.29. The van der Waals surface area contributed by atoms with Gasteiger partial charge in [-0.15, -0.1) is 0 Å². The van der Waals surface area contributed by atoms with Crippen LogP contribution < -0.4 is 10.5 Å². The summed E-state index contributed by atoms with van der Waals surface area (Å²) >= 11 is 0. The molecule has 2 rings (SSSR count). The minimum absolute atomic E-state index is 0.170. The van der Waals surface area contributed by atoms with Gasteiger partial charge in [-0.25, -0.2) is 0 Å². The van der Waals surface area contributed by atoms with Crippen LogP contribution in [-0.2, 0) is 6.42 Å². The van der Waals surface area contributed by atoms with Gasteiger partial charge in [0.1, 0.15) is 5.75 Å². The van der Waals surface area contributed by atoms with Crippen LogP contribution in [0.3, 0.4) is 0 Å². The van der Waals surface area contributed by atoms with E-state index in [9.17, 15) is 0 Å². The number of likely N-dealkylation sites (N-methyl/N-ethyl adjacent to an activating group) is 1. The summed E-state index contributed by atoms with van der Waals surface area (Å²) in [4.78, 5) is 2.34.